The van der Waals surface area contributed by atoms with Gasteiger partial charge in [0.15, 0.2) is 17.3 Å². The van der Waals surface area contributed by atoms with E-state index in [4.69, 9.17) is 0 Å². The maximum Gasteiger partial charge on any atom is 0.299 e. The third-order valence-electron chi connectivity index (χ3n) is 6.52. The van der Waals surface area contributed by atoms with Crippen molar-refractivity contribution in [1.29, 1.82) is 0 Å². The highest BCUT2D eigenvalue weighted by atomic mass is 16.3. The van der Waals surface area contributed by atoms with Crippen LogP contribution in [0.25, 0.3) is 28.2 Å². The van der Waals surface area contributed by atoms with Gasteiger partial charge in [0, 0.05) is 11.1 Å². The van der Waals surface area contributed by atoms with Crippen LogP contribution in [0.5, 0.6) is 5.75 Å². The zero-order valence-electron chi connectivity index (χ0n) is 19.6. The zero-order chi connectivity index (χ0) is 24.6. The molecule has 6 rings (SSSR count). The second-order valence-corrected chi connectivity index (χ2v) is 8.82. The third-order valence-corrected chi connectivity index (χ3v) is 6.52. The number of aromatic amines is 2. The molecule has 2 heterocycles. The van der Waals surface area contributed by atoms with Crippen LogP contribution in [0.2, 0.25) is 0 Å². The molecule has 0 amide bonds. The molecule has 0 saturated carbocycles. The van der Waals surface area contributed by atoms with Gasteiger partial charge < -0.3 is 5.11 Å². The maximum absolute atomic E-state index is 13.1. The van der Waals surface area contributed by atoms with Gasteiger partial charge in [-0.3, -0.25) is 15.0 Å². The molecule has 178 valence electrons. The van der Waals surface area contributed by atoms with Gasteiger partial charge in [-0.2, -0.15) is 5.10 Å². The van der Waals surface area contributed by atoms with E-state index < -0.39 is 0 Å². The minimum atomic E-state index is -0.287. The Hall–Kier alpha value is -4.79. The van der Waals surface area contributed by atoms with Gasteiger partial charge >= 0.3 is 0 Å². The average molecular weight is 478 g/mol. The van der Waals surface area contributed by atoms with Crippen LogP contribution in [0.4, 0.5) is 11.4 Å². The van der Waals surface area contributed by atoms with Crippen LogP contribution in [-0.4, -0.2) is 30.1 Å². The number of benzene rings is 3. The summed E-state index contributed by atoms with van der Waals surface area (Å²) < 4.78 is 1.49. The highest BCUT2D eigenvalue weighted by molar-refractivity contribution is 5.78. The fraction of sp³-hybridized carbons (Fsp3) is 0.148. The SMILES string of the molecule is Cc1[nH]n(-c2ccc3c(c2)CCC3)c(=O)c1N=Nc1cccc(-c2cccc(-c3ncn[nH]3)c2)c1O. The van der Waals surface area contributed by atoms with Crippen LogP contribution >= 0.6 is 0 Å². The number of hydrogen-bond acceptors (Lipinski definition) is 6. The minimum Gasteiger partial charge on any atom is -0.505 e. The topological polar surface area (TPSA) is 124 Å². The first-order chi connectivity index (χ1) is 17.6. The number of nitrogens with one attached hydrogen (secondary N) is 2. The van der Waals surface area contributed by atoms with Crippen LogP contribution in [0.3, 0.4) is 0 Å². The van der Waals surface area contributed by atoms with Gasteiger partial charge in [0.2, 0.25) is 0 Å². The number of aromatic hydroxyl groups is 1. The Labute approximate surface area is 206 Å². The summed E-state index contributed by atoms with van der Waals surface area (Å²) in [6.45, 7) is 1.78. The largest absolute Gasteiger partial charge is 0.505 e. The Morgan fingerprint density at radius 2 is 1.81 bits per heavy atom. The van der Waals surface area contributed by atoms with Crippen molar-refractivity contribution in [3.05, 3.63) is 94.2 Å². The van der Waals surface area contributed by atoms with Crippen molar-refractivity contribution in [2.24, 2.45) is 10.2 Å². The Morgan fingerprint density at radius 1 is 0.972 bits per heavy atom. The molecule has 0 aliphatic heterocycles. The zero-order valence-corrected chi connectivity index (χ0v) is 19.6. The molecule has 5 aromatic rings. The monoisotopic (exact) mass is 477 g/mol. The van der Waals surface area contributed by atoms with E-state index in [0.29, 0.717) is 17.1 Å². The lowest BCUT2D eigenvalue weighted by Crippen LogP contribution is -2.14. The summed E-state index contributed by atoms with van der Waals surface area (Å²) in [6, 6.07) is 18.9. The normalized spacial score (nSPS) is 12.9. The molecule has 3 N–H and O–H groups in total. The number of aromatic nitrogens is 5. The molecule has 3 aromatic carbocycles. The number of fused-ring (bicyclic) bond motifs is 1. The van der Waals surface area contributed by atoms with Crippen molar-refractivity contribution in [2.45, 2.75) is 26.2 Å². The molecule has 0 saturated heterocycles. The molecule has 0 spiro atoms. The first kappa shape index (κ1) is 21.7. The second kappa shape index (κ2) is 8.77. The lowest BCUT2D eigenvalue weighted by atomic mass is 10.0. The van der Waals surface area contributed by atoms with Crippen molar-refractivity contribution in [2.75, 3.05) is 0 Å². The number of phenols is 1. The molecule has 1 aliphatic carbocycles. The number of H-pyrrole nitrogens is 2. The summed E-state index contributed by atoms with van der Waals surface area (Å²) in [5, 5.41) is 29.3. The maximum atomic E-state index is 13.1. The number of para-hydroxylation sites is 1. The highest BCUT2D eigenvalue weighted by Crippen LogP contribution is 2.38. The number of aryl methyl sites for hydroxylation is 3. The molecule has 0 unspecified atom stereocenters. The molecular weight excluding hydrogens is 454 g/mol. The van der Waals surface area contributed by atoms with E-state index >= 15 is 0 Å². The fourth-order valence-corrected chi connectivity index (χ4v) is 4.66. The number of phenolic OH excluding ortho intramolecular Hbond substituents is 1. The average Bonchev–Trinajstić information content (AvgIpc) is 3.65. The fourth-order valence-electron chi connectivity index (χ4n) is 4.66. The van der Waals surface area contributed by atoms with Crippen molar-refractivity contribution in [3.8, 4) is 34.0 Å². The minimum absolute atomic E-state index is 0.0249. The lowest BCUT2D eigenvalue weighted by molar-refractivity contribution is 0.478. The summed E-state index contributed by atoms with van der Waals surface area (Å²) in [5.74, 6) is 0.609. The molecule has 36 heavy (non-hydrogen) atoms. The Kier molecular flexibility index (Phi) is 5.29. The quantitative estimate of drug-likeness (QED) is 0.288. The lowest BCUT2D eigenvalue weighted by Gasteiger charge is -2.08. The predicted molar refractivity (Wildman–Crippen MR) is 136 cm³/mol. The third kappa shape index (κ3) is 3.80. The molecule has 0 atom stereocenters. The summed E-state index contributed by atoms with van der Waals surface area (Å²) in [6.07, 6.45) is 4.70. The van der Waals surface area contributed by atoms with Crippen LogP contribution < -0.4 is 5.56 Å². The number of nitrogens with zero attached hydrogens (tertiary/aromatic N) is 5. The van der Waals surface area contributed by atoms with Gasteiger partial charge in [0.05, 0.1) is 11.4 Å². The Morgan fingerprint density at radius 3 is 2.67 bits per heavy atom. The van der Waals surface area contributed by atoms with Gasteiger partial charge in [-0.1, -0.05) is 36.4 Å². The Bertz CT molecular complexity index is 1660. The number of hydrogen-bond donors (Lipinski definition) is 3. The highest BCUT2D eigenvalue weighted by Gasteiger charge is 2.16. The van der Waals surface area contributed by atoms with Crippen molar-refractivity contribution in [1.82, 2.24) is 25.0 Å². The van der Waals surface area contributed by atoms with Gasteiger partial charge in [0.1, 0.15) is 12.0 Å². The summed E-state index contributed by atoms with van der Waals surface area (Å²) >= 11 is 0. The molecule has 9 heteroatoms. The van der Waals surface area contributed by atoms with E-state index in [2.05, 4.69) is 42.6 Å². The predicted octanol–water partition coefficient (Wildman–Crippen LogP) is 5.54. The van der Waals surface area contributed by atoms with Crippen LogP contribution in [0, 0.1) is 6.92 Å². The Balaban J connectivity index is 1.33. The first-order valence-electron chi connectivity index (χ1n) is 11.7. The smallest absolute Gasteiger partial charge is 0.299 e. The van der Waals surface area contributed by atoms with E-state index in [-0.39, 0.29) is 22.7 Å². The second-order valence-electron chi connectivity index (χ2n) is 8.82. The number of rotatable bonds is 5. The van der Waals surface area contributed by atoms with Crippen molar-refractivity contribution < 1.29 is 5.11 Å². The first-order valence-corrected chi connectivity index (χ1v) is 11.7. The van der Waals surface area contributed by atoms with E-state index in [1.54, 1.807) is 25.1 Å². The van der Waals surface area contributed by atoms with Gasteiger partial charge in [-0.25, -0.2) is 9.67 Å². The number of azo groups is 1. The van der Waals surface area contributed by atoms with Crippen molar-refractivity contribution in [3.63, 3.8) is 0 Å². The van der Waals surface area contributed by atoms with Crippen LogP contribution in [-0.2, 0) is 12.8 Å². The molecule has 1 aliphatic rings. The van der Waals surface area contributed by atoms with E-state index in [9.17, 15) is 9.90 Å². The van der Waals surface area contributed by atoms with E-state index in [1.807, 2.05) is 30.3 Å². The summed E-state index contributed by atoms with van der Waals surface area (Å²) in [7, 11) is 0. The summed E-state index contributed by atoms with van der Waals surface area (Å²) in [4.78, 5) is 17.3. The standard InChI is InChI=1S/C27H23N7O2/c1-16-24(27(36)34(33-16)21-12-11-17-5-2-6-18(17)14-21)31-30-23-10-4-9-22(25(23)35)19-7-3-8-20(13-19)26-28-15-29-32-26/h3-4,7-15,33,35H,2,5-6H2,1H3,(H,28,29,32). The molecule has 0 bridgehead atoms. The summed E-state index contributed by atoms with van der Waals surface area (Å²) in [5.41, 5.74) is 6.40. The molecule has 9 nitrogen and oxygen atoms in total. The van der Waals surface area contributed by atoms with E-state index in [0.717, 1.165) is 36.1 Å². The van der Waals surface area contributed by atoms with E-state index in [1.165, 1.54) is 22.1 Å². The van der Waals surface area contributed by atoms with Gasteiger partial charge in [0.25, 0.3) is 5.56 Å². The van der Waals surface area contributed by atoms with Gasteiger partial charge in [-0.15, -0.1) is 10.2 Å². The molecule has 0 radical (unpaired) electrons. The molecule has 2 aromatic heterocycles. The van der Waals surface area contributed by atoms with Crippen molar-refractivity contribution >= 4 is 11.4 Å². The van der Waals surface area contributed by atoms with Gasteiger partial charge in [-0.05, 0) is 67.1 Å². The van der Waals surface area contributed by atoms with Crippen LogP contribution in [0.1, 0.15) is 23.2 Å². The molecule has 0 fully saturated rings. The van der Waals surface area contributed by atoms with Crippen LogP contribution in [0.15, 0.2) is 82.0 Å². The molecular formula is C27H23N7O2.